The molecule has 19 heavy (non-hydrogen) atoms. The second kappa shape index (κ2) is 5.55. The van der Waals surface area contributed by atoms with Crippen molar-refractivity contribution in [2.75, 3.05) is 0 Å². The highest BCUT2D eigenvalue weighted by molar-refractivity contribution is 7.86. The molecule has 100 valence electrons. The quantitative estimate of drug-likeness (QED) is 0.803. The monoisotopic (exact) mass is 276 g/mol. The predicted octanol–water partition coefficient (Wildman–Crippen LogP) is 3.46. The van der Waals surface area contributed by atoms with Gasteiger partial charge in [-0.3, -0.25) is 4.18 Å². The van der Waals surface area contributed by atoms with Crippen LogP contribution in [0.5, 0.6) is 0 Å². The molecule has 0 aliphatic heterocycles. The smallest absolute Gasteiger partial charge is 0.258 e. The second-order valence-electron chi connectivity index (χ2n) is 4.42. The highest BCUT2D eigenvalue weighted by Gasteiger charge is 2.19. The molecule has 0 amide bonds. The van der Waals surface area contributed by atoms with Crippen LogP contribution >= 0.6 is 0 Å². The molecule has 2 aromatic rings. The molecule has 3 nitrogen and oxygen atoms in total. The van der Waals surface area contributed by atoms with Gasteiger partial charge in [0.2, 0.25) is 0 Å². The van der Waals surface area contributed by atoms with Crippen LogP contribution in [0.3, 0.4) is 0 Å². The summed E-state index contributed by atoms with van der Waals surface area (Å²) in [7, 11) is -3.72. The highest BCUT2D eigenvalue weighted by Crippen LogP contribution is 2.23. The Morgan fingerprint density at radius 3 is 2.11 bits per heavy atom. The van der Waals surface area contributed by atoms with E-state index in [1.54, 1.807) is 31.2 Å². The van der Waals surface area contributed by atoms with Gasteiger partial charge in [0.15, 0.2) is 0 Å². The number of hydrogen-bond donors (Lipinski definition) is 0. The summed E-state index contributed by atoms with van der Waals surface area (Å²) in [4.78, 5) is 0.181. The van der Waals surface area contributed by atoms with Crippen LogP contribution in [0.2, 0.25) is 0 Å². The lowest BCUT2D eigenvalue weighted by Crippen LogP contribution is -2.10. The molecule has 0 aromatic heterocycles. The Kier molecular flexibility index (Phi) is 4.02. The minimum atomic E-state index is -3.72. The zero-order valence-corrected chi connectivity index (χ0v) is 11.7. The predicted molar refractivity (Wildman–Crippen MR) is 74.3 cm³/mol. The van der Waals surface area contributed by atoms with Crippen LogP contribution in [0.15, 0.2) is 59.5 Å². The van der Waals surface area contributed by atoms with E-state index in [0.717, 1.165) is 11.1 Å². The average Bonchev–Trinajstić information content (AvgIpc) is 2.40. The lowest BCUT2D eigenvalue weighted by molar-refractivity contribution is 0.234. The van der Waals surface area contributed by atoms with Gasteiger partial charge in [-0.05, 0) is 31.5 Å². The lowest BCUT2D eigenvalue weighted by atomic mass is 10.1. The topological polar surface area (TPSA) is 43.4 Å². The lowest BCUT2D eigenvalue weighted by Gasteiger charge is -2.13. The Morgan fingerprint density at radius 1 is 0.947 bits per heavy atom. The summed E-state index contributed by atoms with van der Waals surface area (Å²) in [6.45, 7) is 3.63. The van der Waals surface area contributed by atoms with Gasteiger partial charge >= 0.3 is 0 Å². The van der Waals surface area contributed by atoms with Gasteiger partial charge in [0.05, 0.1) is 11.0 Å². The Labute approximate surface area is 114 Å². The fourth-order valence-electron chi connectivity index (χ4n) is 1.73. The van der Waals surface area contributed by atoms with Crippen LogP contribution in [-0.4, -0.2) is 8.42 Å². The zero-order valence-electron chi connectivity index (χ0n) is 10.9. The third-order valence-electron chi connectivity index (χ3n) is 2.85. The van der Waals surface area contributed by atoms with Crippen molar-refractivity contribution >= 4 is 10.1 Å². The van der Waals surface area contributed by atoms with E-state index in [2.05, 4.69) is 0 Å². The van der Waals surface area contributed by atoms with E-state index >= 15 is 0 Å². The average molecular weight is 276 g/mol. The molecule has 2 aromatic carbocycles. The summed E-state index contributed by atoms with van der Waals surface area (Å²) >= 11 is 0. The molecule has 0 aliphatic carbocycles. The maximum absolute atomic E-state index is 12.1. The molecule has 0 fully saturated rings. The van der Waals surface area contributed by atoms with Gasteiger partial charge in [-0.25, -0.2) is 0 Å². The van der Waals surface area contributed by atoms with E-state index in [9.17, 15) is 8.42 Å². The van der Waals surface area contributed by atoms with Crippen LogP contribution in [0.1, 0.15) is 24.2 Å². The third kappa shape index (κ3) is 3.43. The van der Waals surface area contributed by atoms with Gasteiger partial charge in [0.25, 0.3) is 10.1 Å². The summed E-state index contributed by atoms with van der Waals surface area (Å²) < 4.78 is 29.4. The van der Waals surface area contributed by atoms with Crippen molar-refractivity contribution in [2.45, 2.75) is 24.8 Å². The molecule has 0 N–H and O–H groups in total. The van der Waals surface area contributed by atoms with Crippen LogP contribution in [0.25, 0.3) is 0 Å². The largest absolute Gasteiger partial charge is 0.297 e. The van der Waals surface area contributed by atoms with Crippen molar-refractivity contribution in [2.24, 2.45) is 0 Å². The van der Waals surface area contributed by atoms with Crippen molar-refractivity contribution in [3.8, 4) is 0 Å². The van der Waals surface area contributed by atoms with Crippen LogP contribution in [0.4, 0.5) is 0 Å². The first-order chi connectivity index (χ1) is 8.99. The van der Waals surface area contributed by atoms with E-state index in [4.69, 9.17) is 4.18 Å². The zero-order chi connectivity index (χ0) is 13.9. The Balaban J connectivity index is 2.20. The summed E-state index contributed by atoms with van der Waals surface area (Å²) in [5.74, 6) is 0. The fourth-order valence-corrected chi connectivity index (χ4v) is 2.80. The van der Waals surface area contributed by atoms with Gasteiger partial charge in [-0.15, -0.1) is 0 Å². The molecule has 0 spiro atoms. The van der Waals surface area contributed by atoms with E-state index < -0.39 is 16.2 Å². The Bertz CT molecular complexity index is 631. The van der Waals surface area contributed by atoms with E-state index in [-0.39, 0.29) is 4.90 Å². The van der Waals surface area contributed by atoms with Crippen molar-refractivity contribution in [3.63, 3.8) is 0 Å². The van der Waals surface area contributed by atoms with Crippen LogP contribution in [-0.2, 0) is 14.3 Å². The summed E-state index contributed by atoms with van der Waals surface area (Å²) in [6.07, 6.45) is -0.507. The summed E-state index contributed by atoms with van der Waals surface area (Å²) in [5.41, 5.74) is 1.84. The molecule has 0 aliphatic rings. The SMILES string of the molecule is Cc1ccc(S(=O)(=O)O[C@H](C)c2ccccc2)cc1. The van der Waals surface area contributed by atoms with Crippen molar-refractivity contribution in [1.82, 2.24) is 0 Å². The molecule has 0 heterocycles. The molecule has 1 atom stereocenters. The maximum atomic E-state index is 12.1. The molecule has 4 heteroatoms. The van der Waals surface area contributed by atoms with Gasteiger partial charge in [-0.1, -0.05) is 48.0 Å². The van der Waals surface area contributed by atoms with E-state index in [1.807, 2.05) is 37.3 Å². The standard InChI is InChI=1S/C15H16O3S/c1-12-8-10-15(11-9-12)19(16,17)18-13(2)14-6-4-3-5-7-14/h3-11,13H,1-2H3/t13-/m1/s1. The second-order valence-corrected chi connectivity index (χ2v) is 5.99. The van der Waals surface area contributed by atoms with Crippen molar-refractivity contribution < 1.29 is 12.6 Å². The first-order valence-corrected chi connectivity index (χ1v) is 7.45. The molecule has 0 saturated carbocycles. The van der Waals surface area contributed by atoms with Crippen molar-refractivity contribution in [1.29, 1.82) is 0 Å². The Morgan fingerprint density at radius 2 is 1.53 bits per heavy atom. The number of hydrogen-bond acceptors (Lipinski definition) is 3. The van der Waals surface area contributed by atoms with Gasteiger partial charge < -0.3 is 0 Å². The third-order valence-corrected chi connectivity index (χ3v) is 4.24. The highest BCUT2D eigenvalue weighted by atomic mass is 32.2. The molecule has 2 rings (SSSR count). The minimum absolute atomic E-state index is 0.181. The van der Waals surface area contributed by atoms with Gasteiger partial charge in [-0.2, -0.15) is 8.42 Å². The number of rotatable bonds is 4. The fraction of sp³-hybridized carbons (Fsp3) is 0.200. The number of aryl methyl sites for hydroxylation is 1. The van der Waals surface area contributed by atoms with Crippen LogP contribution in [0, 0.1) is 6.92 Å². The molecule has 0 unspecified atom stereocenters. The molecular weight excluding hydrogens is 260 g/mol. The normalized spacial score (nSPS) is 13.2. The van der Waals surface area contributed by atoms with Crippen molar-refractivity contribution in [3.05, 3.63) is 65.7 Å². The summed E-state index contributed by atoms with van der Waals surface area (Å²) in [6, 6.07) is 15.9. The van der Waals surface area contributed by atoms with Crippen LogP contribution < -0.4 is 0 Å². The minimum Gasteiger partial charge on any atom is -0.258 e. The molecular formula is C15H16O3S. The molecule has 0 radical (unpaired) electrons. The molecule has 0 bridgehead atoms. The first kappa shape index (κ1) is 13.8. The first-order valence-electron chi connectivity index (χ1n) is 6.04. The van der Waals surface area contributed by atoms with E-state index in [0.29, 0.717) is 0 Å². The van der Waals surface area contributed by atoms with E-state index in [1.165, 1.54) is 0 Å². The Hall–Kier alpha value is -1.65. The van der Waals surface area contributed by atoms with Gasteiger partial charge in [0, 0.05) is 0 Å². The molecule has 0 saturated heterocycles. The van der Waals surface area contributed by atoms with Gasteiger partial charge in [0.1, 0.15) is 0 Å². The number of benzene rings is 2. The summed E-state index contributed by atoms with van der Waals surface area (Å²) in [5, 5.41) is 0. The maximum Gasteiger partial charge on any atom is 0.297 e.